The molecule has 8 heteroatoms. The van der Waals surface area contributed by atoms with Crippen LogP contribution in [-0.4, -0.2) is 19.6 Å². The third-order valence-corrected chi connectivity index (χ3v) is 7.13. The average Bonchev–Trinajstić information content (AvgIpc) is 3.47. The van der Waals surface area contributed by atoms with Gasteiger partial charge in [-0.2, -0.15) is 0 Å². The molecule has 0 aliphatic heterocycles. The van der Waals surface area contributed by atoms with Crippen molar-refractivity contribution in [1.29, 1.82) is 0 Å². The number of aromatic amines is 2. The van der Waals surface area contributed by atoms with Gasteiger partial charge in [-0.1, -0.05) is 83.9 Å². The largest absolute Gasteiger partial charge is 0.290 e. The first-order chi connectivity index (χ1) is 19.0. The summed E-state index contributed by atoms with van der Waals surface area (Å²) in [5.74, 6) is 0. The van der Waals surface area contributed by atoms with Gasteiger partial charge < -0.3 is 0 Å². The molecule has 0 spiro atoms. The van der Waals surface area contributed by atoms with Gasteiger partial charge in [0.15, 0.2) is 0 Å². The molecule has 6 rings (SSSR count). The Balaban J connectivity index is 1.56. The van der Waals surface area contributed by atoms with E-state index in [-0.39, 0.29) is 17.5 Å². The first-order valence-corrected chi connectivity index (χ1v) is 13.1. The number of aromatic nitrogens is 4. The van der Waals surface area contributed by atoms with E-state index in [4.69, 9.17) is 23.2 Å². The SMILES string of the molecule is O=c1c(Cc2c(-c3ccccc3)[nH]n(-c3ccc(Cl)cc3)c2=O)c(-c2ccccc2)[nH]n1-c1ccc(Cl)cc1. The van der Waals surface area contributed by atoms with Crippen molar-refractivity contribution in [2.24, 2.45) is 0 Å². The molecular formula is C31H22Cl2N4O2. The lowest BCUT2D eigenvalue weighted by atomic mass is 9.99. The summed E-state index contributed by atoms with van der Waals surface area (Å²) in [4.78, 5) is 27.8. The highest BCUT2D eigenvalue weighted by Crippen LogP contribution is 2.27. The van der Waals surface area contributed by atoms with Crippen LogP contribution in [0, 0.1) is 0 Å². The number of hydrogen-bond donors (Lipinski definition) is 2. The van der Waals surface area contributed by atoms with Crippen molar-refractivity contribution in [2.75, 3.05) is 0 Å². The van der Waals surface area contributed by atoms with Gasteiger partial charge >= 0.3 is 0 Å². The molecule has 0 aliphatic carbocycles. The highest BCUT2D eigenvalue weighted by atomic mass is 35.5. The molecule has 0 unspecified atom stereocenters. The Morgan fingerprint density at radius 2 is 0.872 bits per heavy atom. The van der Waals surface area contributed by atoms with E-state index in [1.54, 1.807) is 48.5 Å². The van der Waals surface area contributed by atoms with Crippen LogP contribution in [0.5, 0.6) is 0 Å². The molecule has 2 aromatic heterocycles. The zero-order valence-electron chi connectivity index (χ0n) is 20.6. The van der Waals surface area contributed by atoms with Crippen molar-refractivity contribution in [3.63, 3.8) is 0 Å². The van der Waals surface area contributed by atoms with Gasteiger partial charge in [0.1, 0.15) is 0 Å². The molecule has 0 amide bonds. The van der Waals surface area contributed by atoms with Crippen molar-refractivity contribution in [2.45, 2.75) is 6.42 Å². The van der Waals surface area contributed by atoms with Gasteiger partial charge in [0.2, 0.25) is 0 Å². The fourth-order valence-corrected chi connectivity index (χ4v) is 4.93. The lowest BCUT2D eigenvalue weighted by Gasteiger charge is -2.04. The fourth-order valence-electron chi connectivity index (χ4n) is 4.68. The Hall–Kier alpha value is -4.52. The van der Waals surface area contributed by atoms with Crippen LogP contribution in [0.25, 0.3) is 33.9 Å². The van der Waals surface area contributed by atoms with Crippen LogP contribution in [0.2, 0.25) is 10.0 Å². The summed E-state index contributed by atoms with van der Waals surface area (Å²) < 4.78 is 2.97. The minimum Gasteiger partial charge on any atom is -0.290 e. The Labute approximate surface area is 233 Å². The van der Waals surface area contributed by atoms with Gasteiger partial charge in [-0.05, 0) is 59.7 Å². The Morgan fingerprint density at radius 1 is 0.513 bits per heavy atom. The van der Waals surface area contributed by atoms with Crippen molar-refractivity contribution in [3.8, 4) is 33.9 Å². The van der Waals surface area contributed by atoms with Crippen LogP contribution in [-0.2, 0) is 6.42 Å². The molecule has 2 heterocycles. The quantitative estimate of drug-likeness (QED) is 0.236. The molecule has 39 heavy (non-hydrogen) atoms. The topological polar surface area (TPSA) is 75.6 Å². The first-order valence-electron chi connectivity index (χ1n) is 12.3. The van der Waals surface area contributed by atoms with Gasteiger partial charge in [0, 0.05) is 27.6 Å². The van der Waals surface area contributed by atoms with E-state index < -0.39 is 0 Å². The van der Waals surface area contributed by atoms with Crippen molar-refractivity contribution < 1.29 is 0 Å². The lowest BCUT2D eigenvalue weighted by Crippen LogP contribution is -2.21. The molecule has 6 nitrogen and oxygen atoms in total. The van der Waals surface area contributed by atoms with Gasteiger partial charge in [-0.25, -0.2) is 9.36 Å². The van der Waals surface area contributed by atoms with E-state index >= 15 is 0 Å². The van der Waals surface area contributed by atoms with Gasteiger partial charge in [-0.15, -0.1) is 0 Å². The summed E-state index contributed by atoms with van der Waals surface area (Å²) in [6.45, 7) is 0. The molecule has 0 saturated carbocycles. The summed E-state index contributed by atoms with van der Waals surface area (Å²) in [6, 6.07) is 33.3. The Kier molecular flexibility index (Phi) is 6.57. The summed E-state index contributed by atoms with van der Waals surface area (Å²) in [5.41, 5.74) is 4.73. The van der Waals surface area contributed by atoms with Crippen LogP contribution < -0.4 is 11.1 Å². The predicted octanol–water partition coefficient (Wildman–Crippen LogP) is 6.88. The maximum Gasteiger partial charge on any atom is 0.275 e. The highest BCUT2D eigenvalue weighted by molar-refractivity contribution is 6.30. The van der Waals surface area contributed by atoms with Crippen molar-refractivity contribution in [3.05, 3.63) is 151 Å². The first kappa shape index (κ1) is 24.8. The number of hydrogen-bond acceptors (Lipinski definition) is 2. The molecule has 2 N–H and O–H groups in total. The lowest BCUT2D eigenvalue weighted by molar-refractivity contribution is 0.846. The summed E-state index contributed by atoms with van der Waals surface area (Å²) >= 11 is 12.2. The van der Waals surface area contributed by atoms with Crippen LogP contribution >= 0.6 is 23.2 Å². The molecule has 0 atom stereocenters. The molecule has 192 valence electrons. The van der Waals surface area contributed by atoms with Gasteiger partial charge in [0.05, 0.1) is 22.8 Å². The number of benzene rings is 4. The molecule has 0 fully saturated rings. The van der Waals surface area contributed by atoms with Crippen molar-refractivity contribution >= 4 is 23.2 Å². The second kappa shape index (κ2) is 10.3. The van der Waals surface area contributed by atoms with Crippen LogP contribution in [0.1, 0.15) is 11.1 Å². The molecule has 0 saturated heterocycles. The number of H-pyrrole nitrogens is 2. The minimum atomic E-state index is -0.242. The van der Waals surface area contributed by atoms with E-state index in [0.717, 1.165) is 11.1 Å². The molecule has 0 bridgehead atoms. The van der Waals surface area contributed by atoms with Gasteiger partial charge in [-0.3, -0.25) is 19.8 Å². The second-order valence-corrected chi connectivity index (χ2v) is 9.95. The maximum absolute atomic E-state index is 13.9. The zero-order valence-corrected chi connectivity index (χ0v) is 22.1. The minimum absolute atomic E-state index is 0.111. The summed E-state index contributed by atoms with van der Waals surface area (Å²) in [7, 11) is 0. The van der Waals surface area contributed by atoms with Crippen LogP contribution in [0.3, 0.4) is 0 Å². The number of nitrogens with zero attached hydrogens (tertiary/aromatic N) is 2. The maximum atomic E-state index is 13.9. The molecule has 6 aromatic rings. The van der Waals surface area contributed by atoms with Gasteiger partial charge in [0.25, 0.3) is 11.1 Å². The second-order valence-electron chi connectivity index (χ2n) is 9.07. The Morgan fingerprint density at radius 3 is 1.23 bits per heavy atom. The highest BCUT2D eigenvalue weighted by Gasteiger charge is 2.23. The predicted molar refractivity (Wildman–Crippen MR) is 156 cm³/mol. The number of rotatable bonds is 6. The molecule has 0 radical (unpaired) electrons. The molecule has 4 aromatic carbocycles. The standard InChI is InChI=1S/C31H22Cl2N4O2/c32-22-11-15-24(16-12-22)36-30(38)26(28(34-36)20-7-3-1-4-8-20)19-27-29(21-9-5-2-6-10-21)35-37(31(27)39)25-17-13-23(33)14-18-25/h1-18,34-35H,19H2. The third kappa shape index (κ3) is 4.76. The van der Waals surface area contributed by atoms with Crippen LogP contribution in [0.4, 0.5) is 0 Å². The number of nitrogens with one attached hydrogen (secondary N) is 2. The summed E-state index contributed by atoms with van der Waals surface area (Å²) in [6.07, 6.45) is 0.111. The third-order valence-electron chi connectivity index (χ3n) is 6.62. The van der Waals surface area contributed by atoms with E-state index in [1.807, 2.05) is 60.7 Å². The fraction of sp³-hybridized carbons (Fsp3) is 0.0323. The smallest absolute Gasteiger partial charge is 0.275 e. The Bertz CT molecular complexity index is 1730. The van der Waals surface area contributed by atoms with E-state index in [0.29, 0.717) is 43.9 Å². The average molecular weight is 553 g/mol. The van der Waals surface area contributed by atoms with E-state index in [2.05, 4.69) is 10.2 Å². The number of halogens is 2. The monoisotopic (exact) mass is 552 g/mol. The normalized spacial score (nSPS) is 11.1. The zero-order chi connectivity index (χ0) is 26.9. The molecule has 0 aliphatic rings. The van der Waals surface area contributed by atoms with Crippen molar-refractivity contribution in [1.82, 2.24) is 19.6 Å². The summed E-state index contributed by atoms with van der Waals surface area (Å²) in [5, 5.41) is 7.69. The van der Waals surface area contributed by atoms with E-state index in [1.165, 1.54) is 9.36 Å². The van der Waals surface area contributed by atoms with E-state index in [9.17, 15) is 9.59 Å². The molecular weight excluding hydrogens is 531 g/mol. The van der Waals surface area contributed by atoms with Crippen LogP contribution in [0.15, 0.2) is 119 Å².